The SMILES string of the molecule is CCCCCCNC(=O)OCC=C(C)CCC=C(C)CCC=C(C)C. The van der Waals surface area contributed by atoms with Crippen molar-refractivity contribution in [2.45, 2.75) is 86.0 Å². The molecule has 0 aromatic carbocycles. The zero-order valence-corrected chi connectivity index (χ0v) is 17.1. The highest BCUT2D eigenvalue weighted by Crippen LogP contribution is 2.11. The van der Waals surface area contributed by atoms with Crippen LogP contribution in [0.3, 0.4) is 0 Å². The van der Waals surface area contributed by atoms with Gasteiger partial charge in [-0.2, -0.15) is 0 Å². The number of allylic oxidation sites excluding steroid dienone is 5. The first-order chi connectivity index (χ1) is 12.0. The van der Waals surface area contributed by atoms with E-state index in [1.54, 1.807) is 0 Å². The molecule has 0 aliphatic heterocycles. The third-order valence-electron chi connectivity index (χ3n) is 4.07. The molecule has 0 bridgehead atoms. The minimum atomic E-state index is -0.310. The predicted octanol–water partition coefficient (Wildman–Crippen LogP) is 6.71. The quantitative estimate of drug-likeness (QED) is 0.296. The van der Waals surface area contributed by atoms with Crippen molar-refractivity contribution in [1.82, 2.24) is 5.32 Å². The topological polar surface area (TPSA) is 38.3 Å². The number of carbonyl (C=O) groups excluding carboxylic acids is 1. The van der Waals surface area contributed by atoms with Gasteiger partial charge in [0.05, 0.1) is 0 Å². The van der Waals surface area contributed by atoms with Crippen molar-refractivity contribution >= 4 is 6.09 Å². The van der Waals surface area contributed by atoms with Gasteiger partial charge in [-0.3, -0.25) is 0 Å². The number of amides is 1. The van der Waals surface area contributed by atoms with Crippen molar-refractivity contribution in [2.24, 2.45) is 0 Å². The molecule has 0 spiro atoms. The van der Waals surface area contributed by atoms with Crippen LogP contribution in [0.4, 0.5) is 4.79 Å². The van der Waals surface area contributed by atoms with Crippen LogP contribution < -0.4 is 5.32 Å². The van der Waals surface area contributed by atoms with Crippen molar-refractivity contribution in [3.05, 3.63) is 34.9 Å². The van der Waals surface area contributed by atoms with E-state index in [0.29, 0.717) is 13.2 Å². The van der Waals surface area contributed by atoms with E-state index in [9.17, 15) is 4.79 Å². The Balaban J connectivity index is 3.80. The lowest BCUT2D eigenvalue weighted by Gasteiger charge is -2.06. The molecule has 0 aromatic heterocycles. The Morgan fingerprint density at radius 1 is 0.880 bits per heavy atom. The Bertz CT molecular complexity index is 443. The van der Waals surface area contributed by atoms with Crippen LogP contribution in [0, 0.1) is 0 Å². The molecule has 0 fully saturated rings. The zero-order chi connectivity index (χ0) is 18.9. The third-order valence-corrected chi connectivity index (χ3v) is 4.07. The van der Waals surface area contributed by atoms with Crippen molar-refractivity contribution in [3.8, 4) is 0 Å². The van der Waals surface area contributed by atoms with E-state index in [4.69, 9.17) is 4.74 Å². The van der Waals surface area contributed by atoms with Gasteiger partial charge in [-0.15, -0.1) is 0 Å². The highest BCUT2D eigenvalue weighted by atomic mass is 16.5. The molecular weight excluding hydrogens is 310 g/mol. The largest absolute Gasteiger partial charge is 0.445 e. The number of ether oxygens (including phenoxy) is 1. The maximum atomic E-state index is 11.5. The first-order valence-electron chi connectivity index (χ1n) is 9.81. The van der Waals surface area contributed by atoms with Gasteiger partial charge in [0, 0.05) is 6.54 Å². The fourth-order valence-corrected chi connectivity index (χ4v) is 2.39. The molecule has 144 valence electrons. The standard InChI is InChI=1S/C22H39NO2/c1-6-7-8-9-17-23-22(24)25-18-16-21(5)15-11-14-20(4)13-10-12-19(2)3/h12,14,16H,6-11,13,15,17-18H2,1-5H3,(H,23,24). The van der Waals surface area contributed by atoms with Crippen molar-refractivity contribution < 1.29 is 9.53 Å². The van der Waals surface area contributed by atoms with Gasteiger partial charge in [0.1, 0.15) is 6.61 Å². The lowest BCUT2D eigenvalue weighted by molar-refractivity contribution is 0.158. The Kier molecular flexibility index (Phi) is 15.0. The molecule has 0 heterocycles. The second-order valence-electron chi connectivity index (χ2n) is 7.05. The van der Waals surface area contributed by atoms with E-state index in [1.807, 2.05) is 6.08 Å². The number of nitrogens with one attached hydrogen (secondary N) is 1. The van der Waals surface area contributed by atoms with E-state index in [0.717, 1.165) is 38.5 Å². The monoisotopic (exact) mass is 349 g/mol. The molecule has 0 aliphatic rings. The van der Waals surface area contributed by atoms with Crippen LogP contribution in [0.2, 0.25) is 0 Å². The Hall–Kier alpha value is -1.51. The normalized spacial score (nSPS) is 12.0. The molecule has 0 atom stereocenters. The summed E-state index contributed by atoms with van der Waals surface area (Å²) in [5.74, 6) is 0. The highest BCUT2D eigenvalue weighted by Gasteiger charge is 1.99. The van der Waals surface area contributed by atoms with E-state index in [1.165, 1.54) is 29.6 Å². The fraction of sp³-hybridized carbons (Fsp3) is 0.682. The van der Waals surface area contributed by atoms with Gasteiger partial charge in [-0.25, -0.2) is 4.79 Å². The molecular formula is C22H39NO2. The summed E-state index contributed by atoms with van der Waals surface area (Å²) in [5.41, 5.74) is 4.10. The highest BCUT2D eigenvalue weighted by molar-refractivity contribution is 5.67. The van der Waals surface area contributed by atoms with Gasteiger partial charge < -0.3 is 10.1 Å². The molecule has 1 N–H and O–H groups in total. The summed E-state index contributed by atoms with van der Waals surface area (Å²) in [6.45, 7) is 11.8. The molecule has 0 unspecified atom stereocenters. The average Bonchev–Trinajstić information content (AvgIpc) is 2.54. The molecule has 25 heavy (non-hydrogen) atoms. The molecule has 0 saturated carbocycles. The lowest BCUT2D eigenvalue weighted by atomic mass is 10.1. The average molecular weight is 350 g/mol. The summed E-state index contributed by atoms with van der Waals surface area (Å²) >= 11 is 0. The predicted molar refractivity (Wildman–Crippen MR) is 109 cm³/mol. The third kappa shape index (κ3) is 17.1. The zero-order valence-electron chi connectivity index (χ0n) is 17.1. The maximum absolute atomic E-state index is 11.5. The molecule has 3 heteroatoms. The molecule has 1 amide bonds. The number of rotatable bonds is 13. The summed E-state index contributed by atoms with van der Waals surface area (Å²) in [4.78, 5) is 11.5. The van der Waals surface area contributed by atoms with E-state index >= 15 is 0 Å². The second-order valence-corrected chi connectivity index (χ2v) is 7.05. The van der Waals surface area contributed by atoms with Crippen LogP contribution >= 0.6 is 0 Å². The molecule has 0 rings (SSSR count). The van der Waals surface area contributed by atoms with Crippen LogP contribution in [-0.2, 0) is 4.74 Å². The minimum Gasteiger partial charge on any atom is -0.445 e. The van der Waals surface area contributed by atoms with Crippen molar-refractivity contribution in [3.63, 3.8) is 0 Å². The summed E-state index contributed by atoms with van der Waals surface area (Å²) in [7, 11) is 0. The van der Waals surface area contributed by atoms with Crippen LogP contribution in [0.25, 0.3) is 0 Å². The summed E-state index contributed by atoms with van der Waals surface area (Å²) < 4.78 is 5.17. The first-order valence-corrected chi connectivity index (χ1v) is 9.81. The number of unbranched alkanes of at least 4 members (excludes halogenated alkanes) is 3. The number of carbonyl (C=O) groups is 1. The summed E-state index contributed by atoms with van der Waals surface area (Å²) in [6, 6.07) is 0. The fourth-order valence-electron chi connectivity index (χ4n) is 2.39. The number of alkyl carbamates (subject to hydrolysis) is 1. The van der Waals surface area contributed by atoms with Crippen molar-refractivity contribution in [2.75, 3.05) is 13.2 Å². The number of hydrogen-bond donors (Lipinski definition) is 1. The summed E-state index contributed by atoms with van der Waals surface area (Å²) in [6.07, 6.45) is 15.2. The Morgan fingerprint density at radius 3 is 2.16 bits per heavy atom. The van der Waals surface area contributed by atoms with Crippen LogP contribution in [0.15, 0.2) is 34.9 Å². The molecule has 0 aliphatic carbocycles. The van der Waals surface area contributed by atoms with Gasteiger partial charge in [0.15, 0.2) is 0 Å². The van der Waals surface area contributed by atoms with Gasteiger partial charge in [-0.1, -0.05) is 55.1 Å². The number of hydrogen-bond acceptors (Lipinski definition) is 2. The van der Waals surface area contributed by atoms with Crippen LogP contribution in [-0.4, -0.2) is 19.2 Å². The van der Waals surface area contributed by atoms with Crippen LogP contribution in [0.1, 0.15) is 86.0 Å². The molecule has 0 saturated heterocycles. The Labute approximate surface area is 155 Å². The first kappa shape index (κ1) is 23.5. The molecule has 0 radical (unpaired) electrons. The van der Waals surface area contributed by atoms with Crippen LogP contribution in [0.5, 0.6) is 0 Å². The maximum Gasteiger partial charge on any atom is 0.407 e. The summed E-state index contributed by atoms with van der Waals surface area (Å²) in [5, 5.41) is 2.80. The van der Waals surface area contributed by atoms with E-state index in [2.05, 4.69) is 52.1 Å². The smallest absolute Gasteiger partial charge is 0.407 e. The van der Waals surface area contributed by atoms with Gasteiger partial charge in [0.2, 0.25) is 0 Å². The minimum absolute atomic E-state index is 0.310. The van der Waals surface area contributed by atoms with Crippen molar-refractivity contribution in [1.29, 1.82) is 0 Å². The molecule has 3 nitrogen and oxygen atoms in total. The Morgan fingerprint density at radius 2 is 1.52 bits per heavy atom. The second kappa shape index (κ2) is 16.0. The van der Waals surface area contributed by atoms with Gasteiger partial charge in [0.25, 0.3) is 0 Å². The lowest BCUT2D eigenvalue weighted by Crippen LogP contribution is -2.25. The molecule has 0 aromatic rings. The van der Waals surface area contributed by atoms with Gasteiger partial charge >= 0.3 is 6.09 Å². The van der Waals surface area contributed by atoms with E-state index in [-0.39, 0.29) is 6.09 Å². The van der Waals surface area contributed by atoms with Gasteiger partial charge in [-0.05, 0) is 65.9 Å². The van der Waals surface area contributed by atoms with E-state index < -0.39 is 0 Å².